The number of ether oxygens (including phenoxy) is 2. The molecule has 6 rings (SSSR count). The third kappa shape index (κ3) is 10.8. The summed E-state index contributed by atoms with van der Waals surface area (Å²) in [6.45, 7) is 2.88. The third-order valence-electron chi connectivity index (χ3n) is 9.64. The van der Waals surface area contributed by atoms with E-state index in [0.717, 1.165) is 132 Å². The number of nitrogens with two attached hydrogens (primary N) is 2. The molecule has 0 bridgehead atoms. The Morgan fingerprint density at radius 2 is 0.648 bits per heavy atom. The van der Waals surface area contributed by atoms with Gasteiger partial charge in [0.2, 0.25) is 0 Å². The number of unbranched alkanes of at least 4 members (excludes halogenated alkanes) is 6. The maximum Gasteiger partial charge on any atom is 0.119 e. The lowest BCUT2D eigenvalue weighted by Gasteiger charge is -2.19. The number of hydrogen-bond donors (Lipinski definition) is 2. The minimum Gasteiger partial charge on any atom is -0.494 e. The highest BCUT2D eigenvalue weighted by molar-refractivity contribution is 6.05. The Morgan fingerprint density at radius 1 is 0.352 bits per heavy atom. The molecule has 0 atom stereocenters. The summed E-state index contributed by atoms with van der Waals surface area (Å²) in [6, 6.07) is 43.0. The highest BCUT2D eigenvalue weighted by Gasteiger charge is 2.18. The van der Waals surface area contributed by atoms with E-state index in [9.17, 15) is 0 Å². The van der Waals surface area contributed by atoms with E-state index in [0.29, 0.717) is 13.2 Å². The molecule has 54 heavy (non-hydrogen) atoms. The minimum atomic E-state index is 0.694. The molecule has 0 saturated carbocycles. The standard InChI is InChI=1S/C48H52N4O2/c49-29-5-1-3-7-35-53-45-21-17-43(18-22-45)48(44-19-23-46(24-20-44)54-36-8-4-2-6-30-50)47(41-13-9-37(10-14-41)39-25-31-51-32-26-39)42-15-11-38(12-16-42)40-27-33-52-34-28-40/h9-28,31-34H,1-8,29-30,35-36,49-50H2. The van der Waals surface area contributed by atoms with Crippen LogP contribution in [0.3, 0.4) is 0 Å². The van der Waals surface area contributed by atoms with Crippen molar-refractivity contribution in [1.29, 1.82) is 0 Å². The predicted molar refractivity (Wildman–Crippen MR) is 223 cm³/mol. The van der Waals surface area contributed by atoms with Gasteiger partial charge in [-0.3, -0.25) is 9.97 Å². The van der Waals surface area contributed by atoms with Crippen LogP contribution in [-0.4, -0.2) is 36.3 Å². The molecule has 0 unspecified atom stereocenters. The zero-order chi connectivity index (χ0) is 37.2. The molecule has 6 aromatic rings. The first-order valence-electron chi connectivity index (χ1n) is 19.4. The van der Waals surface area contributed by atoms with E-state index in [1.807, 2.05) is 49.1 Å². The molecule has 0 fully saturated rings. The molecule has 2 aromatic heterocycles. The lowest BCUT2D eigenvalue weighted by atomic mass is 9.85. The van der Waals surface area contributed by atoms with Crippen LogP contribution in [0.2, 0.25) is 0 Å². The van der Waals surface area contributed by atoms with Gasteiger partial charge >= 0.3 is 0 Å². The van der Waals surface area contributed by atoms with E-state index < -0.39 is 0 Å². The Hall–Kier alpha value is -5.56. The van der Waals surface area contributed by atoms with Crippen molar-refractivity contribution >= 4 is 11.1 Å². The molecule has 4 N–H and O–H groups in total. The summed E-state index contributed by atoms with van der Waals surface area (Å²) >= 11 is 0. The number of hydrogen-bond acceptors (Lipinski definition) is 6. The van der Waals surface area contributed by atoms with Crippen LogP contribution in [0.4, 0.5) is 0 Å². The Morgan fingerprint density at radius 3 is 0.981 bits per heavy atom. The van der Waals surface area contributed by atoms with Crippen molar-refractivity contribution in [3.8, 4) is 33.8 Å². The van der Waals surface area contributed by atoms with Gasteiger partial charge in [-0.25, -0.2) is 0 Å². The van der Waals surface area contributed by atoms with E-state index in [4.69, 9.17) is 20.9 Å². The van der Waals surface area contributed by atoms with Crippen LogP contribution in [0, 0.1) is 0 Å². The van der Waals surface area contributed by atoms with Gasteiger partial charge in [-0.2, -0.15) is 0 Å². The fourth-order valence-corrected chi connectivity index (χ4v) is 6.67. The molecule has 4 aromatic carbocycles. The van der Waals surface area contributed by atoms with Crippen molar-refractivity contribution in [3.05, 3.63) is 168 Å². The Labute approximate surface area is 320 Å². The van der Waals surface area contributed by atoms with Crippen molar-refractivity contribution in [2.24, 2.45) is 11.5 Å². The molecular weight excluding hydrogens is 665 g/mol. The summed E-state index contributed by atoms with van der Waals surface area (Å²) in [6.07, 6.45) is 16.0. The molecule has 0 saturated heterocycles. The van der Waals surface area contributed by atoms with Crippen molar-refractivity contribution in [3.63, 3.8) is 0 Å². The summed E-state index contributed by atoms with van der Waals surface area (Å²) in [5.74, 6) is 1.74. The molecule has 6 nitrogen and oxygen atoms in total. The van der Waals surface area contributed by atoms with Gasteiger partial charge < -0.3 is 20.9 Å². The first-order valence-corrected chi connectivity index (χ1v) is 19.4. The van der Waals surface area contributed by atoms with Crippen LogP contribution in [0.25, 0.3) is 33.4 Å². The second-order valence-corrected chi connectivity index (χ2v) is 13.5. The van der Waals surface area contributed by atoms with Gasteiger partial charge in [0, 0.05) is 24.8 Å². The smallest absolute Gasteiger partial charge is 0.119 e. The molecular formula is C48H52N4O2. The van der Waals surface area contributed by atoms with Gasteiger partial charge in [0.05, 0.1) is 13.2 Å². The number of rotatable bonds is 20. The summed E-state index contributed by atoms with van der Waals surface area (Å²) in [5.41, 5.74) is 22.6. The van der Waals surface area contributed by atoms with E-state index in [1.54, 1.807) is 0 Å². The quantitative estimate of drug-likeness (QED) is 0.0603. The average Bonchev–Trinajstić information content (AvgIpc) is 3.24. The summed E-state index contributed by atoms with van der Waals surface area (Å²) in [5, 5.41) is 0. The molecule has 0 spiro atoms. The van der Waals surface area contributed by atoms with E-state index in [1.165, 1.54) is 0 Å². The van der Waals surface area contributed by atoms with E-state index >= 15 is 0 Å². The van der Waals surface area contributed by atoms with Crippen LogP contribution < -0.4 is 20.9 Å². The van der Waals surface area contributed by atoms with Gasteiger partial charge in [0.1, 0.15) is 11.5 Å². The zero-order valence-corrected chi connectivity index (χ0v) is 31.2. The van der Waals surface area contributed by atoms with Crippen LogP contribution in [0.15, 0.2) is 146 Å². The van der Waals surface area contributed by atoms with Crippen LogP contribution in [-0.2, 0) is 0 Å². The van der Waals surface area contributed by atoms with Crippen molar-refractivity contribution in [1.82, 2.24) is 9.97 Å². The number of pyridine rings is 2. The highest BCUT2D eigenvalue weighted by Crippen LogP contribution is 2.39. The molecule has 0 radical (unpaired) electrons. The molecule has 276 valence electrons. The van der Waals surface area contributed by atoms with Crippen LogP contribution in [0.1, 0.15) is 73.6 Å². The summed E-state index contributed by atoms with van der Waals surface area (Å²) in [7, 11) is 0. The lowest BCUT2D eigenvalue weighted by molar-refractivity contribution is 0.304. The monoisotopic (exact) mass is 716 g/mol. The van der Waals surface area contributed by atoms with E-state index in [-0.39, 0.29) is 0 Å². The maximum atomic E-state index is 6.17. The third-order valence-corrected chi connectivity index (χ3v) is 9.64. The normalized spacial score (nSPS) is 10.9. The van der Waals surface area contributed by atoms with Gasteiger partial charge in [-0.05, 0) is 143 Å². The number of nitrogens with zero attached hydrogens (tertiary/aromatic N) is 2. The zero-order valence-electron chi connectivity index (χ0n) is 31.2. The fourth-order valence-electron chi connectivity index (χ4n) is 6.67. The van der Waals surface area contributed by atoms with Crippen LogP contribution in [0.5, 0.6) is 11.5 Å². The van der Waals surface area contributed by atoms with Crippen LogP contribution >= 0.6 is 0 Å². The highest BCUT2D eigenvalue weighted by atomic mass is 16.5. The largest absolute Gasteiger partial charge is 0.494 e. The molecule has 0 amide bonds. The maximum absolute atomic E-state index is 6.17. The molecule has 0 aliphatic rings. The van der Waals surface area contributed by atoms with Crippen molar-refractivity contribution in [2.75, 3.05) is 26.3 Å². The summed E-state index contributed by atoms with van der Waals surface area (Å²) in [4.78, 5) is 8.43. The molecule has 0 aliphatic carbocycles. The minimum absolute atomic E-state index is 0.694. The van der Waals surface area contributed by atoms with Gasteiger partial charge in [0.25, 0.3) is 0 Å². The second-order valence-electron chi connectivity index (χ2n) is 13.5. The number of aromatic nitrogens is 2. The van der Waals surface area contributed by atoms with Gasteiger partial charge in [-0.1, -0.05) is 98.5 Å². The van der Waals surface area contributed by atoms with Gasteiger partial charge in [-0.15, -0.1) is 0 Å². The Bertz CT molecular complexity index is 1850. The van der Waals surface area contributed by atoms with Crippen molar-refractivity contribution < 1.29 is 9.47 Å². The predicted octanol–water partition coefficient (Wildman–Crippen LogP) is 10.6. The Kier molecular flexibility index (Phi) is 14.6. The average molecular weight is 717 g/mol. The van der Waals surface area contributed by atoms with Gasteiger partial charge in [0.15, 0.2) is 0 Å². The first kappa shape index (κ1) is 38.2. The fraction of sp³-hybridized carbons (Fsp3) is 0.250. The summed E-state index contributed by atoms with van der Waals surface area (Å²) < 4.78 is 12.3. The molecule has 2 heterocycles. The SMILES string of the molecule is NCCCCCCOc1ccc(C(=C(c2ccc(-c3ccncc3)cc2)c2ccc(-c3ccncc3)cc2)c2ccc(OCCCCCCN)cc2)cc1. The second kappa shape index (κ2) is 20.6. The van der Waals surface area contributed by atoms with E-state index in [2.05, 4.69) is 107 Å². The number of benzene rings is 4. The molecule has 0 aliphatic heterocycles. The Balaban J connectivity index is 1.40. The lowest BCUT2D eigenvalue weighted by Crippen LogP contribution is -2.01. The first-order chi connectivity index (χ1) is 26.7. The molecule has 6 heteroatoms. The van der Waals surface area contributed by atoms with Crippen molar-refractivity contribution in [2.45, 2.75) is 51.4 Å². The topological polar surface area (TPSA) is 96.3 Å².